The fourth-order valence-corrected chi connectivity index (χ4v) is 3.97. The van der Waals surface area contributed by atoms with E-state index < -0.39 is 11.9 Å². The minimum absolute atomic E-state index is 0.0220. The van der Waals surface area contributed by atoms with Crippen molar-refractivity contribution in [3.05, 3.63) is 86.8 Å². The van der Waals surface area contributed by atoms with E-state index in [0.717, 1.165) is 11.1 Å². The first kappa shape index (κ1) is 25.0. The Balaban J connectivity index is 2.08. The highest BCUT2D eigenvalue weighted by Gasteiger charge is 2.20. The molecule has 3 aromatic heterocycles. The van der Waals surface area contributed by atoms with Crippen molar-refractivity contribution in [1.82, 2.24) is 14.0 Å². The maximum atomic E-state index is 13.4. The zero-order chi connectivity index (χ0) is 25.8. The number of aryl methyl sites for hydroxylation is 3. The number of aromatic nitrogens is 3. The number of benzene rings is 1. The molecule has 0 bridgehead atoms. The summed E-state index contributed by atoms with van der Waals surface area (Å²) in [5.74, 6) is -1.19. The Morgan fingerprint density at radius 1 is 1.08 bits per heavy atom. The van der Waals surface area contributed by atoms with Gasteiger partial charge in [-0.15, -0.1) is 0 Å². The lowest BCUT2D eigenvalue weighted by Crippen LogP contribution is -2.33. The summed E-state index contributed by atoms with van der Waals surface area (Å²) in [6, 6.07) is 12.0. The number of fused-ring (bicyclic) bond motifs is 2. The Labute approximate surface area is 207 Å². The van der Waals surface area contributed by atoms with Gasteiger partial charge >= 0.3 is 5.97 Å². The second kappa shape index (κ2) is 10.7. The van der Waals surface area contributed by atoms with Gasteiger partial charge in [0.1, 0.15) is 16.9 Å². The van der Waals surface area contributed by atoms with Crippen molar-refractivity contribution in [2.45, 2.75) is 33.7 Å². The second-order valence-corrected chi connectivity index (χ2v) is 8.40. The molecule has 0 atom stereocenters. The predicted molar refractivity (Wildman–Crippen MR) is 135 cm³/mol. The van der Waals surface area contributed by atoms with Gasteiger partial charge in [0, 0.05) is 32.0 Å². The van der Waals surface area contributed by atoms with Crippen LogP contribution < -0.4 is 11.0 Å². The van der Waals surface area contributed by atoms with Crippen LogP contribution in [0.1, 0.15) is 45.2 Å². The number of pyridine rings is 2. The molecule has 3 heterocycles. The van der Waals surface area contributed by atoms with Gasteiger partial charge in [-0.2, -0.15) is 4.99 Å². The lowest BCUT2D eigenvalue weighted by Gasteiger charge is -2.15. The lowest BCUT2D eigenvalue weighted by molar-refractivity contribution is 0.0523. The molecule has 1 aromatic carbocycles. The van der Waals surface area contributed by atoms with Gasteiger partial charge in [-0.1, -0.05) is 12.1 Å². The van der Waals surface area contributed by atoms with Gasteiger partial charge < -0.3 is 14.0 Å². The first-order valence-corrected chi connectivity index (χ1v) is 11.7. The normalized spacial score (nSPS) is 11.8. The molecule has 36 heavy (non-hydrogen) atoms. The van der Waals surface area contributed by atoms with Crippen LogP contribution in [0.2, 0.25) is 0 Å². The molecule has 1 amide bonds. The number of hydrogen-bond donors (Lipinski definition) is 0. The maximum Gasteiger partial charge on any atom is 0.341 e. The van der Waals surface area contributed by atoms with E-state index in [9.17, 15) is 14.4 Å². The third-order valence-corrected chi connectivity index (χ3v) is 5.98. The van der Waals surface area contributed by atoms with Crippen LogP contribution in [-0.4, -0.2) is 46.2 Å². The Morgan fingerprint density at radius 3 is 2.61 bits per heavy atom. The van der Waals surface area contributed by atoms with Gasteiger partial charge in [-0.25, -0.2) is 9.78 Å². The van der Waals surface area contributed by atoms with Crippen molar-refractivity contribution >= 4 is 28.6 Å². The number of rotatable bonds is 7. The van der Waals surface area contributed by atoms with Crippen LogP contribution >= 0.6 is 0 Å². The first-order valence-electron chi connectivity index (χ1n) is 11.7. The van der Waals surface area contributed by atoms with Crippen LogP contribution in [0.4, 0.5) is 0 Å². The van der Waals surface area contributed by atoms with E-state index in [4.69, 9.17) is 14.5 Å². The summed E-state index contributed by atoms with van der Waals surface area (Å²) in [6.45, 7) is 6.43. The van der Waals surface area contributed by atoms with Gasteiger partial charge in [0.2, 0.25) is 0 Å². The molecule has 9 heteroatoms. The molecule has 0 N–H and O–H groups in total. The van der Waals surface area contributed by atoms with Crippen LogP contribution in [-0.2, 0) is 16.0 Å². The molecule has 0 aliphatic rings. The number of ether oxygens (including phenoxy) is 2. The molecule has 4 aromatic rings. The number of carbonyl (C=O) groups excluding carboxylic acids is 2. The van der Waals surface area contributed by atoms with E-state index in [0.29, 0.717) is 36.4 Å². The minimum atomic E-state index is -0.677. The Bertz CT molecular complexity index is 1600. The number of nitrogens with zero attached hydrogens (tertiary/aromatic N) is 4. The number of amides is 1. The minimum Gasteiger partial charge on any atom is -0.462 e. The predicted octanol–water partition coefficient (Wildman–Crippen LogP) is 3.22. The largest absolute Gasteiger partial charge is 0.462 e. The average Bonchev–Trinajstić information content (AvgIpc) is 2.87. The van der Waals surface area contributed by atoms with Crippen molar-refractivity contribution in [2.24, 2.45) is 4.99 Å². The smallest absolute Gasteiger partial charge is 0.341 e. The third-order valence-electron chi connectivity index (χ3n) is 5.98. The van der Waals surface area contributed by atoms with Crippen molar-refractivity contribution in [2.75, 3.05) is 20.3 Å². The van der Waals surface area contributed by atoms with Crippen molar-refractivity contribution < 1.29 is 19.1 Å². The van der Waals surface area contributed by atoms with E-state index in [1.54, 1.807) is 55.1 Å². The van der Waals surface area contributed by atoms with Crippen molar-refractivity contribution in [3.63, 3.8) is 0 Å². The van der Waals surface area contributed by atoms with Crippen LogP contribution in [0.5, 0.6) is 0 Å². The van der Waals surface area contributed by atoms with Gasteiger partial charge in [-0.05, 0) is 68.7 Å². The average molecular weight is 489 g/mol. The molecule has 0 radical (unpaired) electrons. The van der Waals surface area contributed by atoms with Gasteiger partial charge in [-0.3, -0.25) is 14.0 Å². The highest BCUT2D eigenvalue weighted by atomic mass is 16.5. The third kappa shape index (κ3) is 4.83. The summed E-state index contributed by atoms with van der Waals surface area (Å²) in [4.78, 5) is 48.7. The molecule has 0 saturated heterocycles. The second-order valence-electron chi connectivity index (χ2n) is 8.40. The molecule has 0 saturated carbocycles. The molecule has 9 nitrogen and oxygen atoms in total. The summed E-state index contributed by atoms with van der Waals surface area (Å²) in [7, 11) is 1.59. The standard InChI is InChI=1S/C27H28N4O5/c1-5-36-27(34)21-16-20-23(28-22-9-6-7-12-30(22)26(20)33)31(13-8-14-35-4)24(21)29-25(32)19-11-10-17(2)18(3)15-19/h6-7,9-12,15-16H,5,8,13-14H2,1-4H3. The van der Waals surface area contributed by atoms with E-state index in [1.807, 2.05) is 19.9 Å². The summed E-state index contributed by atoms with van der Waals surface area (Å²) < 4.78 is 13.5. The molecule has 0 unspecified atom stereocenters. The zero-order valence-corrected chi connectivity index (χ0v) is 20.8. The number of carbonyl (C=O) groups is 2. The van der Waals surface area contributed by atoms with E-state index in [2.05, 4.69) is 4.99 Å². The molecule has 0 fully saturated rings. The Kier molecular flexibility index (Phi) is 7.40. The number of methoxy groups -OCH3 is 1. The topological polar surface area (TPSA) is 104 Å². The van der Waals surface area contributed by atoms with Crippen LogP contribution in [0.3, 0.4) is 0 Å². The molecular weight excluding hydrogens is 460 g/mol. The van der Waals surface area contributed by atoms with E-state index in [1.165, 1.54) is 10.5 Å². The SMILES string of the molecule is CCOC(=O)c1cc2c(=O)n3ccccc3nc2n(CCCOC)c1=NC(=O)c1ccc(C)c(C)c1. The van der Waals surface area contributed by atoms with Crippen LogP contribution in [0, 0.1) is 13.8 Å². The maximum absolute atomic E-state index is 13.4. The Morgan fingerprint density at radius 2 is 1.89 bits per heavy atom. The van der Waals surface area contributed by atoms with Crippen LogP contribution in [0.15, 0.2) is 58.4 Å². The molecule has 0 aliphatic carbocycles. The monoisotopic (exact) mass is 488 g/mol. The molecule has 0 aliphatic heterocycles. The summed E-state index contributed by atoms with van der Waals surface area (Å²) in [5.41, 5.74) is 2.93. The van der Waals surface area contributed by atoms with E-state index in [-0.39, 0.29) is 28.6 Å². The number of esters is 1. The summed E-state index contributed by atoms with van der Waals surface area (Å²) in [6.07, 6.45) is 2.16. The molecule has 0 spiro atoms. The van der Waals surface area contributed by atoms with Crippen molar-refractivity contribution in [3.8, 4) is 0 Å². The lowest BCUT2D eigenvalue weighted by atomic mass is 10.1. The van der Waals surface area contributed by atoms with Gasteiger partial charge in [0.05, 0.1) is 12.0 Å². The van der Waals surface area contributed by atoms with Gasteiger partial charge in [0.25, 0.3) is 11.5 Å². The molecule has 186 valence electrons. The fraction of sp³-hybridized carbons (Fsp3) is 0.296. The highest BCUT2D eigenvalue weighted by Crippen LogP contribution is 2.14. The van der Waals surface area contributed by atoms with Crippen LogP contribution in [0.25, 0.3) is 16.7 Å². The Hall–Kier alpha value is -4.11. The zero-order valence-electron chi connectivity index (χ0n) is 20.8. The summed E-state index contributed by atoms with van der Waals surface area (Å²) >= 11 is 0. The first-order chi connectivity index (χ1) is 17.3. The van der Waals surface area contributed by atoms with Crippen molar-refractivity contribution in [1.29, 1.82) is 0 Å². The number of hydrogen-bond acceptors (Lipinski definition) is 6. The summed E-state index contributed by atoms with van der Waals surface area (Å²) in [5, 5.41) is 0.219. The van der Waals surface area contributed by atoms with E-state index >= 15 is 0 Å². The fourth-order valence-electron chi connectivity index (χ4n) is 3.97. The quantitative estimate of drug-likeness (QED) is 0.225. The highest BCUT2D eigenvalue weighted by molar-refractivity contribution is 5.97. The molecular formula is C27H28N4O5. The van der Waals surface area contributed by atoms with Gasteiger partial charge in [0.15, 0.2) is 5.49 Å². The molecule has 4 rings (SSSR count).